The van der Waals surface area contributed by atoms with Crippen LogP contribution in [-0.4, -0.2) is 26.8 Å². The normalized spacial score (nSPS) is 9.28. The lowest BCUT2D eigenvalue weighted by Crippen LogP contribution is -1.92. The molecule has 2 rings (SSSR count). The topological polar surface area (TPSA) is 52.6 Å². The fourth-order valence-corrected chi connectivity index (χ4v) is 2.00. The van der Waals surface area contributed by atoms with E-state index in [1.807, 2.05) is 30.3 Å². The van der Waals surface area contributed by atoms with Crippen molar-refractivity contribution in [2.45, 2.75) is 27.1 Å². The highest BCUT2D eigenvalue weighted by Crippen LogP contribution is 2.24. The molecule has 0 aliphatic heterocycles. The highest BCUT2D eigenvalue weighted by Gasteiger charge is 2.06. The van der Waals surface area contributed by atoms with Gasteiger partial charge in [-0.1, -0.05) is 49.6 Å². The smallest absolute Gasteiger partial charge is 0.145 e. The minimum Gasteiger partial charge on any atom is -0.380 e. The molecule has 0 aliphatic rings. The number of rotatable bonds is 7. The molecular weight excluding hydrogens is 371 g/mol. The molecule has 0 aromatic heterocycles. The predicted octanol–water partition coefficient (Wildman–Crippen LogP) is 5.31. The minimum absolute atomic E-state index is 0.228. The van der Waals surface area contributed by atoms with Crippen molar-refractivity contribution in [3.63, 3.8) is 0 Å². The van der Waals surface area contributed by atoms with E-state index in [0.717, 1.165) is 29.3 Å². The maximum Gasteiger partial charge on any atom is 0.145 e. The summed E-state index contributed by atoms with van der Waals surface area (Å²) in [7, 11) is 3.25. The number of carbonyl (C=O) groups excluding carboxylic acids is 2. The predicted molar refractivity (Wildman–Crippen MR) is 115 cm³/mol. The molecule has 0 saturated carbocycles. The quantitative estimate of drug-likeness (QED) is 0.467. The molecule has 0 aliphatic carbocycles. The van der Waals surface area contributed by atoms with E-state index >= 15 is 0 Å². The van der Waals surface area contributed by atoms with Crippen molar-refractivity contribution in [3.8, 4) is 11.1 Å². The number of carbonyl (C=O) groups is 2. The zero-order valence-electron chi connectivity index (χ0n) is 17.5. The van der Waals surface area contributed by atoms with Gasteiger partial charge in [-0.15, -0.1) is 0 Å². The summed E-state index contributed by atoms with van der Waals surface area (Å²) in [5.74, 6) is -0.228. The van der Waals surface area contributed by atoms with Gasteiger partial charge in [0.1, 0.15) is 18.4 Å². The first-order valence-electron chi connectivity index (χ1n) is 8.86. The van der Waals surface area contributed by atoms with Gasteiger partial charge in [0.25, 0.3) is 0 Å². The molecule has 5 heteroatoms. The Labute approximate surface area is 172 Å². The second-order valence-corrected chi connectivity index (χ2v) is 6.31. The lowest BCUT2D eigenvalue weighted by Gasteiger charge is -2.07. The van der Waals surface area contributed by atoms with Crippen LogP contribution in [-0.2, 0) is 32.3 Å². The van der Waals surface area contributed by atoms with Crippen LogP contribution in [0.5, 0.6) is 0 Å². The number of hydrogen-bond acceptors (Lipinski definition) is 4. The van der Waals surface area contributed by atoms with Crippen LogP contribution in [0.4, 0.5) is 4.39 Å². The van der Waals surface area contributed by atoms with Crippen LogP contribution in [0.3, 0.4) is 0 Å². The third-order valence-electron chi connectivity index (χ3n) is 3.32. The van der Waals surface area contributed by atoms with Crippen molar-refractivity contribution in [2.24, 2.45) is 0 Å². The molecule has 29 heavy (non-hydrogen) atoms. The second-order valence-electron chi connectivity index (χ2n) is 6.31. The van der Waals surface area contributed by atoms with Crippen LogP contribution in [0.1, 0.15) is 25.0 Å². The Morgan fingerprint density at radius 2 is 1.28 bits per heavy atom. The molecular formula is C24H29FO4. The molecule has 0 unspecified atom stereocenters. The zero-order chi connectivity index (χ0) is 22.2. The summed E-state index contributed by atoms with van der Waals surface area (Å²) >= 11 is 0. The Bertz CT molecular complexity index is 777. The molecule has 0 radical (unpaired) electrons. The molecule has 0 spiro atoms. The Morgan fingerprint density at radius 3 is 1.66 bits per heavy atom. The summed E-state index contributed by atoms with van der Waals surface area (Å²) in [6, 6.07) is 12.9. The van der Waals surface area contributed by atoms with Crippen LogP contribution < -0.4 is 0 Å². The van der Waals surface area contributed by atoms with Crippen molar-refractivity contribution < 1.29 is 23.5 Å². The molecule has 0 bridgehead atoms. The van der Waals surface area contributed by atoms with E-state index in [0.29, 0.717) is 29.9 Å². The number of benzene rings is 2. The molecule has 0 saturated heterocycles. The van der Waals surface area contributed by atoms with E-state index in [2.05, 4.69) is 13.2 Å². The van der Waals surface area contributed by atoms with E-state index in [1.54, 1.807) is 34.1 Å². The van der Waals surface area contributed by atoms with Crippen LogP contribution in [0.15, 0.2) is 66.8 Å². The van der Waals surface area contributed by atoms with Gasteiger partial charge in [-0.25, -0.2) is 4.39 Å². The zero-order valence-corrected chi connectivity index (χ0v) is 17.5. The van der Waals surface area contributed by atoms with Crippen LogP contribution in [0, 0.1) is 5.82 Å². The molecule has 0 amide bonds. The third-order valence-corrected chi connectivity index (χ3v) is 3.32. The highest BCUT2D eigenvalue weighted by atomic mass is 19.1. The standard InChI is InChI=1S/C16H17FO2.2C4H6O/c1-18-10-12-3-6-14(7-4-12)15-8-5-13(11-19-2)9-16(15)17;2*1-4(2)3-5/h3-9H,10-11H2,1-2H3;2*3H,1H2,2H3. The summed E-state index contributed by atoms with van der Waals surface area (Å²) in [5.41, 5.74) is 4.52. The van der Waals surface area contributed by atoms with Gasteiger partial charge >= 0.3 is 0 Å². The lowest BCUT2D eigenvalue weighted by molar-refractivity contribution is -0.105. The second kappa shape index (κ2) is 15.1. The van der Waals surface area contributed by atoms with Gasteiger partial charge in [0.2, 0.25) is 0 Å². The number of methoxy groups -OCH3 is 2. The molecule has 0 fully saturated rings. The number of hydrogen-bond donors (Lipinski definition) is 0. The van der Waals surface area contributed by atoms with Crippen molar-refractivity contribution in [1.82, 2.24) is 0 Å². The SMILES string of the molecule is C=C(C)C=O.C=C(C)C=O.COCc1ccc(-c2ccc(COC)cc2F)cc1. The van der Waals surface area contributed by atoms with Gasteiger partial charge < -0.3 is 9.47 Å². The summed E-state index contributed by atoms with van der Waals surface area (Å²) in [6.07, 6.45) is 1.44. The van der Waals surface area contributed by atoms with Crippen molar-refractivity contribution in [2.75, 3.05) is 14.2 Å². The first-order valence-corrected chi connectivity index (χ1v) is 8.86. The van der Waals surface area contributed by atoms with Gasteiger partial charge in [0, 0.05) is 19.8 Å². The fraction of sp³-hybridized carbons (Fsp3) is 0.250. The molecule has 2 aromatic carbocycles. The summed E-state index contributed by atoms with van der Waals surface area (Å²) in [5, 5.41) is 0. The largest absolute Gasteiger partial charge is 0.380 e. The average molecular weight is 400 g/mol. The third kappa shape index (κ3) is 11.5. The Balaban J connectivity index is 0.000000653. The summed E-state index contributed by atoms with van der Waals surface area (Å²) in [6.45, 7) is 10.9. The Hall–Kier alpha value is -2.89. The van der Waals surface area contributed by atoms with Crippen LogP contribution in [0.2, 0.25) is 0 Å². The number of aldehydes is 2. The van der Waals surface area contributed by atoms with E-state index < -0.39 is 0 Å². The van der Waals surface area contributed by atoms with E-state index in [1.165, 1.54) is 6.07 Å². The minimum atomic E-state index is -0.228. The van der Waals surface area contributed by atoms with Crippen molar-refractivity contribution in [1.29, 1.82) is 0 Å². The fourth-order valence-electron chi connectivity index (χ4n) is 2.00. The van der Waals surface area contributed by atoms with Gasteiger partial charge in [-0.05, 0) is 47.8 Å². The molecule has 2 aromatic rings. The van der Waals surface area contributed by atoms with Crippen molar-refractivity contribution in [3.05, 3.63) is 83.7 Å². The molecule has 0 heterocycles. The Morgan fingerprint density at radius 1 is 0.862 bits per heavy atom. The van der Waals surface area contributed by atoms with Gasteiger partial charge in [-0.3, -0.25) is 9.59 Å². The number of halogens is 1. The molecule has 0 atom stereocenters. The van der Waals surface area contributed by atoms with Gasteiger partial charge in [-0.2, -0.15) is 0 Å². The molecule has 4 nitrogen and oxygen atoms in total. The Kier molecular flexibility index (Phi) is 13.6. The van der Waals surface area contributed by atoms with E-state index in [-0.39, 0.29) is 5.82 Å². The first kappa shape index (κ1) is 26.1. The van der Waals surface area contributed by atoms with Crippen LogP contribution >= 0.6 is 0 Å². The van der Waals surface area contributed by atoms with Gasteiger partial charge in [0.05, 0.1) is 13.2 Å². The first-order chi connectivity index (χ1) is 13.8. The number of ether oxygens (including phenoxy) is 2. The maximum atomic E-state index is 14.0. The summed E-state index contributed by atoms with van der Waals surface area (Å²) in [4.78, 5) is 18.8. The highest BCUT2D eigenvalue weighted by molar-refractivity contribution is 5.71. The molecule has 0 N–H and O–H groups in total. The van der Waals surface area contributed by atoms with E-state index in [4.69, 9.17) is 9.47 Å². The summed E-state index contributed by atoms with van der Waals surface area (Å²) < 4.78 is 24.1. The lowest BCUT2D eigenvalue weighted by atomic mass is 10.0. The van der Waals surface area contributed by atoms with E-state index in [9.17, 15) is 14.0 Å². The maximum absolute atomic E-state index is 14.0. The van der Waals surface area contributed by atoms with Crippen molar-refractivity contribution >= 4 is 12.6 Å². The molecule has 156 valence electrons. The van der Waals surface area contributed by atoms with Gasteiger partial charge in [0.15, 0.2) is 0 Å². The average Bonchev–Trinajstić information content (AvgIpc) is 2.70. The monoisotopic (exact) mass is 400 g/mol. The van der Waals surface area contributed by atoms with Crippen LogP contribution in [0.25, 0.3) is 11.1 Å². The number of allylic oxidation sites excluding steroid dienone is 2.